The van der Waals surface area contributed by atoms with Crippen LogP contribution >= 0.6 is 46.1 Å². The Labute approximate surface area is 149 Å². The lowest BCUT2D eigenvalue weighted by atomic mass is 10.0. The molecule has 116 valence electrons. The van der Waals surface area contributed by atoms with E-state index in [1.807, 2.05) is 18.2 Å². The van der Waals surface area contributed by atoms with Crippen LogP contribution in [0.4, 0.5) is 5.69 Å². The smallest absolute Gasteiger partial charge is 0.0749 e. The summed E-state index contributed by atoms with van der Waals surface area (Å²) >= 11 is 20.1. The van der Waals surface area contributed by atoms with Gasteiger partial charge >= 0.3 is 0 Å². The van der Waals surface area contributed by atoms with Crippen molar-refractivity contribution >= 4 is 57.5 Å². The lowest BCUT2D eigenvalue weighted by Gasteiger charge is -2.31. The van der Waals surface area contributed by atoms with Gasteiger partial charge in [0, 0.05) is 45.5 Å². The quantitative estimate of drug-likeness (QED) is 0.696. The molecule has 2 heterocycles. The minimum atomic E-state index is 0.136. The number of anilines is 1. The highest BCUT2D eigenvalue weighted by atomic mass is 35.5. The molecule has 22 heavy (non-hydrogen) atoms. The highest BCUT2D eigenvalue weighted by Gasteiger charge is 2.26. The van der Waals surface area contributed by atoms with Crippen LogP contribution in [0.15, 0.2) is 40.0 Å². The molecule has 1 aliphatic heterocycles. The van der Waals surface area contributed by atoms with E-state index in [1.54, 1.807) is 11.3 Å². The Bertz CT molecular complexity index is 670. The van der Waals surface area contributed by atoms with Gasteiger partial charge in [0.15, 0.2) is 0 Å². The summed E-state index contributed by atoms with van der Waals surface area (Å²) < 4.78 is 0. The summed E-state index contributed by atoms with van der Waals surface area (Å²) in [5.41, 5.74) is 4.24. The molecule has 0 fully saturated rings. The number of thiophene rings is 1. The molecule has 0 aliphatic carbocycles. The Morgan fingerprint density at radius 2 is 2.14 bits per heavy atom. The van der Waals surface area contributed by atoms with Crippen LogP contribution in [0.5, 0.6) is 0 Å². The van der Waals surface area contributed by atoms with E-state index in [4.69, 9.17) is 39.8 Å². The third kappa shape index (κ3) is 3.13. The molecule has 2 nitrogen and oxygen atoms in total. The first-order valence-corrected chi connectivity index (χ1v) is 9.39. The van der Waals surface area contributed by atoms with E-state index in [0.717, 1.165) is 29.1 Å². The van der Waals surface area contributed by atoms with Gasteiger partial charge in [-0.1, -0.05) is 11.6 Å². The summed E-state index contributed by atoms with van der Waals surface area (Å²) in [6, 6.07) is 8.14. The van der Waals surface area contributed by atoms with E-state index in [9.17, 15) is 0 Å². The SMILES string of the molecule is ClCCN1c2ccc(Cl)cc2C(c2ccsc2)=NCC1CCl. The number of hydrogen-bond acceptors (Lipinski definition) is 3. The van der Waals surface area contributed by atoms with E-state index in [2.05, 4.69) is 21.7 Å². The molecule has 0 N–H and O–H groups in total. The van der Waals surface area contributed by atoms with Crippen molar-refractivity contribution in [2.75, 3.05) is 29.7 Å². The topological polar surface area (TPSA) is 15.6 Å². The van der Waals surface area contributed by atoms with Gasteiger partial charge in [0.2, 0.25) is 0 Å². The van der Waals surface area contributed by atoms with E-state index in [0.29, 0.717) is 23.3 Å². The zero-order chi connectivity index (χ0) is 15.5. The number of halogens is 3. The van der Waals surface area contributed by atoms with Crippen LogP contribution in [0.1, 0.15) is 11.1 Å². The molecule has 0 spiro atoms. The van der Waals surface area contributed by atoms with Crippen molar-refractivity contribution in [3.8, 4) is 0 Å². The average molecular weight is 374 g/mol. The molecule has 1 atom stereocenters. The summed E-state index contributed by atoms with van der Waals surface area (Å²) in [4.78, 5) is 7.07. The summed E-state index contributed by atoms with van der Waals surface area (Å²) in [6.07, 6.45) is 0. The van der Waals surface area contributed by atoms with Gasteiger partial charge in [0.1, 0.15) is 0 Å². The van der Waals surface area contributed by atoms with Crippen LogP contribution < -0.4 is 4.90 Å². The molecule has 0 saturated heterocycles. The number of fused-ring (bicyclic) bond motifs is 1. The first-order chi connectivity index (χ1) is 10.7. The molecule has 1 aromatic carbocycles. The van der Waals surface area contributed by atoms with E-state index in [-0.39, 0.29) is 6.04 Å². The standard InChI is InChI=1S/C16H15Cl3N2S/c17-4-5-21-13(8-18)9-20-16(11-3-6-22-10-11)14-7-12(19)1-2-15(14)21/h1-3,6-7,10,13H,4-5,8-9H2. The Hall–Kier alpha value is -0.740. The van der Waals surface area contributed by atoms with Gasteiger partial charge in [-0.25, -0.2) is 0 Å². The first kappa shape index (κ1) is 16.1. The Kier molecular flexibility index (Phi) is 5.29. The summed E-state index contributed by atoms with van der Waals surface area (Å²) in [6.45, 7) is 1.39. The highest BCUT2D eigenvalue weighted by molar-refractivity contribution is 7.08. The van der Waals surface area contributed by atoms with Gasteiger partial charge in [-0.2, -0.15) is 11.3 Å². The second kappa shape index (κ2) is 7.22. The number of rotatable bonds is 4. The molecule has 0 bridgehead atoms. The van der Waals surface area contributed by atoms with Crippen LogP contribution in [-0.2, 0) is 0 Å². The fourth-order valence-electron chi connectivity index (χ4n) is 2.70. The van der Waals surface area contributed by atoms with Crippen molar-refractivity contribution in [1.29, 1.82) is 0 Å². The number of nitrogens with zero attached hydrogens (tertiary/aromatic N) is 2. The Morgan fingerprint density at radius 3 is 2.82 bits per heavy atom. The molecular formula is C16H15Cl3N2S. The minimum absolute atomic E-state index is 0.136. The number of benzodiazepines with no additional fused rings is 1. The predicted octanol–water partition coefficient (Wildman–Crippen LogP) is 4.91. The number of aliphatic imine (C=N–C) groups is 1. The van der Waals surface area contributed by atoms with Gasteiger partial charge in [0.25, 0.3) is 0 Å². The van der Waals surface area contributed by atoms with Crippen molar-refractivity contribution in [2.24, 2.45) is 4.99 Å². The van der Waals surface area contributed by atoms with Gasteiger partial charge in [-0.05, 0) is 29.6 Å². The third-order valence-electron chi connectivity index (χ3n) is 3.72. The fraction of sp³-hybridized carbons (Fsp3) is 0.312. The fourth-order valence-corrected chi connectivity index (χ4v) is 3.96. The summed E-state index contributed by atoms with van der Waals surface area (Å²) in [7, 11) is 0. The number of alkyl halides is 2. The zero-order valence-electron chi connectivity index (χ0n) is 11.8. The molecule has 2 aromatic rings. The van der Waals surface area contributed by atoms with Crippen molar-refractivity contribution < 1.29 is 0 Å². The van der Waals surface area contributed by atoms with Gasteiger partial charge < -0.3 is 4.90 Å². The van der Waals surface area contributed by atoms with Gasteiger partial charge in [-0.3, -0.25) is 4.99 Å². The number of hydrogen-bond donors (Lipinski definition) is 0. The molecule has 0 radical (unpaired) electrons. The Morgan fingerprint density at radius 1 is 1.27 bits per heavy atom. The number of benzene rings is 1. The van der Waals surface area contributed by atoms with E-state index in [1.165, 1.54) is 0 Å². The van der Waals surface area contributed by atoms with Crippen LogP contribution in [0.3, 0.4) is 0 Å². The maximum Gasteiger partial charge on any atom is 0.0749 e. The first-order valence-electron chi connectivity index (χ1n) is 7.00. The van der Waals surface area contributed by atoms with Crippen LogP contribution in [0, 0.1) is 0 Å². The van der Waals surface area contributed by atoms with Crippen LogP contribution in [-0.4, -0.2) is 36.6 Å². The molecule has 1 aromatic heterocycles. The Balaban J connectivity index is 2.16. The normalized spacial score (nSPS) is 17.9. The monoisotopic (exact) mass is 372 g/mol. The third-order valence-corrected chi connectivity index (χ3v) is 5.17. The largest absolute Gasteiger partial charge is 0.364 e. The predicted molar refractivity (Wildman–Crippen MR) is 98.9 cm³/mol. The van der Waals surface area contributed by atoms with Crippen LogP contribution in [0.2, 0.25) is 5.02 Å². The second-order valence-corrected chi connectivity index (χ2v) is 6.96. The van der Waals surface area contributed by atoms with E-state index >= 15 is 0 Å². The molecule has 1 aliphatic rings. The minimum Gasteiger partial charge on any atom is -0.364 e. The molecule has 0 amide bonds. The van der Waals surface area contributed by atoms with Crippen LogP contribution in [0.25, 0.3) is 0 Å². The van der Waals surface area contributed by atoms with Gasteiger partial charge in [-0.15, -0.1) is 23.2 Å². The second-order valence-electron chi connectivity index (χ2n) is 5.05. The van der Waals surface area contributed by atoms with Crippen molar-refractivity contribution in [1.82, 2.24) is 0 Å². The molecule has 0 saturated carbocycles. The maximum atomic E-state index is 6.23. The molecule has 3 rings (SSSR count). The summed E-state index contributed by atoms with van der Waals surface area (Å²) in [5, 5.41) is 4.87. The summed E-state index contributed by atoms with van der Waals surface area (Å²) in [5.74, 6) is 1.06. The molecule has 6 heteroatoms. The lowest BCUT2D eigenvalue weighted by molar-refractivity contribution is 0.670. The lowest BCUT2D eigenvalue weighted by Crippen LogP contribution is -2.40. The van der Waals surface area contributed by atoms with E-state index < -0.39 is 0 Å². The molecule has 1 unspecified atom stereocenters. The van der Waals surface area contributed by atoms with Crippen molar-refractivity contribution in [3.63, 3.8) is 0 Å². The maximum absolute atomic E-state index is 6.23. The average Bonchev–Trinajstić information content (AvgIpc) is 3.00. The van der Waals surface area contributed by atoms with Gasteiger partial charge in [0.05, 0.1) is 18.3 Å². The van der Waals surface area contributed by atoms with Crippen molar-refractivity contribution in [3.05, 3.63) is 51.2 Å². The van der Waals surface area contributed by atoms with Crippen molar-refractivity contribution in [2.45, 2.75) is 6.04 Å². The zero-order valence-corrected chi connectivity index (χ0v) is 14.9. The molecular weight excluding hydrogens is 359 g/mol. The highest BCUT2D eigenvalue weighted by Crippen LogP contribution is 2.31.